The fourth-order valence-corrected chi connectivity index (χ4v) is 6.76. The number of aromatic hydroxyl groups is 1. The zero-order valence-electron chi connectivity index (χ0n) is 19.3. The quantitative estimate of drug-likeness (QED) is 0.345. The number of sulfone groups is 1. The van der Waals surface area contributed by atoms with Gasteiger partial charge < -0.3 is 14.6 Å². The van der Waals surface area contributed by atoms with E-state index in [2.05, 4.69) is 18.2 Å². The Morgan fingerprint density at radius 2 is 1.66 bits per heavy atom. The summed E-state index contributed by atoms with van der Waals surface area (Å²) in [5, 5.41) is 9.06. The van der Waals surface area contributed by atoms with Gasteiger partial charge in [-0.3, -0.25) is 0 Å². The predicted octanol–water partition coefficient (Wildman–Crippen LogP) is 5.28. The van der Waals surface area contributed by atoms with Crippen LogP contribution in [0.15, 0.2) is 96.1 Å². The highest BCUT2D eigenvalue weighted by Crippen LogP contribution is 2.39. The lowest BCUT2D eigenvalue weighted by Gasteiger charge is -2.16. The summed E-state index contributed by atoms with van der Waals surface area (Å²) in [5.74, 6) is 0.989. The first-order chi connectivity index (χ1) is 17.0. The molecule has 5 nitrogen and oxygen atoms in total. The number of fused-ring (bicyclic) bond motifs is 1. The third-order valence-corrected chi connectivity index (χ3v) is 8.58. The summed E-state index contributed by atoms with van der Waals surface area (Å²) in [4.78, 5) is 0. The van der Waals surface area contributed by atoms with Gasteiger partial charge in [-0.05, 0) is 65.0 Å². The second kappa shape index (κ2) is 10.1. The largest absolute Gasteiger partial charge is 0.508 e. The molecule has 0 radical (unpaired) electrons. The molecule has 0 spiro atoms. The summed E-state index contributed by atoms with van der Waals surface area (Å²) < 4.78 is 37.6. The van der Waals surface area contributed by atoms with Crippen LogP contribution in [0.5, 0.6) is 11.5 Å². The van der Waals surface area contributed by atoms with E-state index in [4.69, 9.17) is 9.47 Å². The van der Waals surface area contributed by atoms with E-state index in [1.54, 1.807) is 12.1 Å². The number of allylic oxidation sites excluding steroid dienone is 1. The first kappa shape index (κ1) is 23.4. The normalized spacial score (nSPS) is 21.2. The molecule has 0 bridgehead atoms. The lowest BCUT2D eigenvalue weighted by Crippen LogP contribution is -2.19. The van der Waals surface area contributed by atoms with Crippen molar-refractivity contribution in [3.05, 3.63) is 107 Å². The second-order valence-corrected chi connectivity index (χ2v) is 11.1. The lowest BCUT2D eigenvalue weighted by atomic mass is 9.93. The molecule has 2 atom stereocenters. The molecule has 2 aliphatic rings. The maximum Gasteiger partial charge on any atom is 0.163 e. The molecule has 0 aromatic heterocycles. The van der Waals surface area contributed by atoms with Crippen LogP contribution >= 0.6 is 0 Å². The standard InChI is InChI=1S/C29H28O5S/c30-25-14-11-21(12-15-25)17-23(22-7-3-1-4-8-22)13-16-27-29-24(18-33-26-9-5-2-6-10-26)20-35(31,32)28(29)19-34-27/h1-12,14-15,17,27-28,30H,13,16,18-20H2/b23-17-/t27-,28+/m1/s1. The number of rotatable bonds is 8. The molecule has 0 unspecified atom stereocenters. The molecule has 0 aliphatic carbocycles. The predicted molar refractivity (Wildman–Crippen MR) is 138 cm³/mol. The molecule has 0 saturated carbocycles. The van der Waals surface area contributed by atoms with Gasteiger partial charge in [0.2, 0.25) is 0 Å². The van der Waals surface area contributed by atoms with E-state index in [-0.39, 0.29) is 30.8 Å². The molecule has 0 amide bonds. The first-order valence-electron chi connectivity index (χ1n) is 11.8. The van der Waals surface area contributed by atoms with Crippen LogP contribution in [0.2, 0.25) is 0 Å². The average molecular weight is 489 g/mol. The lowest BCUT2D eigenvalue weighted by molar-refractivity contribution is 0.118. The fraction of sp³-hybridized carbons (Fsp3) is 0.241. The van der Waals surface area contributed by atoms with Gasteiger partial charge in [-0.1, -0.05) is 66.7 Å². The molecule has 3 aromatic rings. The van der Waals surface area contributed by atoms with Gasteiger partial charge in [0, 0.05) is 0 Å². The first-order valence-corrected chi connectivity index (χ1v) is 13.5. The Hall–Kier alpha value is -3.35. The van der Waals surface area contributed by atoms with E-state index in [1.165, 1.54) is 0 Å². The summed E-state index contributed by atoms with van der Waals surface area (Å²) >= 11 is 0. The van der Waals surface area contributed by atoms with Gasteiger partial charge >= 0.3 is 0 Å². The number of phenolic OH excluding ortho intramolecular Hbond substituents is 1. The van der Waals surface area contributed by atoms with Crippen LogP contribution in [0.1, 0.15) is 24.0 Å². The molecule has 2 heterocycles. The SMILES string of the molecule is O=S1(=O)CC(COc2ccccc2)=C2[C@@H](CC/C(=C/c3ccc(O)cc3)c3ccccc3)OC[C@@H]21. The van der Waals surface area contributed by atoms with Gasteiger partial charge in [-0.2, -0.15) is 0 Å². The summed E-state index contributed by atoms with van der Waals surface area (Å²) in [7, 11) is -3.27. The topological polar surface area (TPSA) is 72.8 Å². The van der Waals surface area contributed by atoms with Crippen LogP contribution in [0.25, 0.3) is 11.6 Å². The van der Waals surface area contributed by atoms with Gasteiger partial charge in [0.25, 0.3) is 0 Å². The van der Waals surface area contributed by atoms with Crippen LogP contribution < -0.4 is 4.74 Å². The van der Waals surface area contributed by atoms with Crippen molar-refractivity contribution in [1.82, 2.24) is 0 Å². The minimum absolute atomic E-state index is 0.0363. The van der Waals surface area contributed by atoms with Crippen LogP contribution in [-0.2, 0) is 14.6 Å². The molecule has 6 heteroatoms. The number of hydrogen-bond donors (Lipinski definition) is 1. The van der Waals surface area contributed by atoms with E-state index in [1.807, 2.05) is 60.7 Å². The van der Waals surface area contributed by atoms with E-state index in [0.29, 0.717) is 6.42 Å². The second-order valence-electron chi connectivity index (χ2n) is 8.94. The highest BCUT2D eigenvalue weighted by atomic mass is 32.2. The van der Waals surface area contributed by atoms with Crippen molar-refractivity contribution in [1.29, 1.82) is 0 Å². The smallest absolute Gasteiger partial charge is 0.163 e. The van der Waals surface area contributed by atoms with Crippen LogP contribution in [0.3, 0.4) is 0 Å². The fourth-order valence-electron chi connectivity index (χ4n) is 4.83. The maximum absolute atomic E-state index is 12.8. The van der Waals surface area contributed by atoms with E-state index < -0.39 is 15.1 Å². The number of benzene rings is 3. The Morgan fingerprint density at radius 1 is 0.971 bits per heavy atom. The molecule has 1 fully saturated rings. The minimum atomic E-state index is -3.27. The number of phenols is 1. The monoisotopic (exact) mass is 488 g/mol. The molecule has 5 rings (SSSR count). The summed E-state index contributed by atoms with van der Waals surface area (Å²) in [5.41, 5.74) is 4.94. The molecule has 2 aliphatic heterocycles. The van der Waals surface area contributed by atoms with Gasteiger partial charge in [0.05, 0.1) is 18.5 Å². The molecule has 35 heavy (non-hydrogen) atoms. The van der Waals surface area contributed by atoms with Gasteiger partial charge in [0.1, 0.15) is 23.4 Å². The molecular weight excluding hydrogens is 460 g/mol. The van der Waals surface area contributed by atoms with Crippen LogP contribution in [0, 0.1) is 0 Å². The van der Waals surface area contributed by atoms with Crippen molar-refractivity contribution in [2.24, 2.45) is 0 Å². The van der Waals surface area contributed by atoms with Crippen molar-refractivity contribution in [2.45, 2.75) is 24.2 Å². The zero-order valence-corrected chi connectivity index (χ0v) is 20.2. The highest BCUT2D eigenvalue weighted by molar-refractivity contribution is 7.92. The Bertz CT molecular complexity index is 1330. The number of ether oxygens (including phenoxy) is 2. The van der Waals surface area contributed by atoms with Crippen molar-refractivity contribution >= 4 is 21.5 Å². The van der Waals surface area contributed by atoms with Crippen molar-refractivity contribution in [3.8, 4) is 11.5 Å². The van der Waals surface area contributed by atoms with E-state index in [0.717, 1.165) is 40.0 Å². The van der Waals surface area contributed by atoms with Crippen molar-refractivity contribution in [2.75, 3.05) is 19.0 Å². The maximum atomic E-state index is 12.8. The Morgan fingerprint density at radius 3 is 2.37 bits per heavy atom. The van der Waals surface area contributed by atoms with E-state index >= 15 is 0 Å². The highest BCUT2D eigenvalue weighted by Gasteiger charge is 2.47. The van der Waals surface area contributed by atoms with E-state index in [9.17, 15) is 13.5 Å². The number of para-hydroxylation sites is 1. The van der Waals surface area contributed by atoms with Gasteiger partial charge in [0.15, 0.2) is 9.84 Å². The molecule has 180 valence electrons. The van der Waals surface area contributed by atoms with Crippen LogP contribution in [-0.4, -0.2) is 43.8 Å². The van der Waals surface area contributed by atoms with Crippen LogP contribution in [0.4, 0.5) is 0 Å². The van der Waals surface area contributed by atoms with Gasteiger partial charge in [-0.25, -0.2) is 8.42 Å². The molecule has 1 saturated heterocycles. The summed E-state index contributed by atoms with van der Waals surface area (Å²) in [6.45, 7) is 0.462. The van der Waals surface area contributed by atoms with Crippen molar-refractivity contribution in [3.63, 3.8) is 0 Å². The average Bonchev–Trinajstić information content (AvgIpc) is 3.42. The van der Waals surface area contributed by atoms with Gasteiger partial charge in [-0.15, -0.1) is 0 Å². The third kappa shape index (κ3) is 5.34. The Labute approximate surface area is 206 Å². The summed E-state index contributed by atoms with van der Waals surface area (Å²) in [6, 6.07) is 26.7. The Balaban J connectivity index is 1.38. The molecule has 1 N–H and O–H groups in total. The molecule has 3 aromatic carbocycles. The third-order valence-electron chi connectivity index (χ3n) is 6.57. The van der Waals surface area contributed by atoms with Crippen molar-refractivity contribution < 1.29 is 23.0 Å². The Kier molecular flexibility index (Phi) is 6.75. The summed E-state index contributed by atoms with van der Waals surface area (Å²) in [6.07, 6.45) is 3.26. The minimum Gasteiger partial charge on any atom is -0.508 e. The number of hydrogen-bond acceptors (Lipinski definition) is 5. The zero-order chi connectivity index (χ0) is 24.3. The molecular formula is C29H28O5S.